The van der Waals surface area contributed by atoms with Gasteiger partial charge in [0.1, 0.15) is 5.75 Å². The van der Waals surface area contributed by atoms with Gasteiger partial charge >= 0.3 is 0 Å². The zero-order chi connectivity index (χ0) is 13.8. The fourth-order valence-electron chi connectivity index (χ4n) is 2.68. The van der Waals surface area contributed by atoms with Gasteiger partial charge in [0.25, 0.3) is 5.91 Å². The number of carbonyl (C=O) groups excluding carboxylic acids is 1. The zero-order valence-corrected chi connectivity index (χ0v) is 12.7. The molecular weight excluding hydrogens is 306 g/mol. The van der Waals surface area contributed by atoms with Crippen LogP contribution in [0.25, 0.3) is 0 Å². The summed E-state index contributed by atoms with van der Waals surface area (Å²) in [7, 11) is 0. The van der Waals surface area contributed by atoms with Crippen LogP contribution in [0.15, 0.2) is 22.7 Å². The molecule has 0 bridgehead atoms. The van der Waals surface area contributed by atoms with E-state index in [1.165, 1.54) is 31.7 Å². The molecule has 0 aliphatic heterocycles. The van der Waals surface area contributed by atoms with E-state index < -0.39 is 0 Å². The number of phenols is 1. The summed E-state index contributed by atoms with van der Waals surface area (Å²) < 4.78 is 0.602. The van der Waals surface area contributed by atoms with Crippen LogP contribution in [-0.2, 0) is 0 Å². The molecule has 2 N–H and O–H groups in total. The smallest absolute Gasteiger partial charge is 0.251 e. The van der Waals surface area contributed by atoms with Crippen LogP contribution in [0.1, 0.15) is 43.0 Å². The Balaban J connectivity index is 1.91. The van der Waals surface area contributed by atoms with Gasteiger partial charge in [-0.2, -0.15) is 0 Å². The molecule has 1 aromatic rings. The molecule has 1 aliphatic rings. The molecule has 0 radical (unpaired) electrons. The summed E-state index contributed by atoms with van der Waals surface area (Å²) in [4.78, 5) is 12.0. The molecule has 104 valence electrons. The SMILES string of the molecule is CC1CCCCC1CNC(=O)c1ccc(Br)c(O)c1. The van der Waals surface area contributed by atoms with Crippen molar-refractivity contribution in [2.75, 3.05) is 6.54 Å². The highest BCUT2D eigenvalue weighted by Crippen LogP contribution is 2.29. The Bertz CT molecular complexity index is 461. The van der Waals surface area contributed by atoms with Crippen molar-refractivity contribution in [3.8, 4) is 5.75 Å². The lowest BCUT2D eigenvalue weighted by molar-refractivity contribution is 0.0936. The summed E-state index contributed by atoms with van der Waals surface area (Å²) in [6.07, 6.45) is 5.04. The van der Waals surface area contributed by atoms with Crippen molar-refractivity contribution in [1.29, 1.82) is 0 Å². The number of nitrogens with one attached hydrogen (secondary N) is 1. The molecule has 1 saturated carbocycles. The molecule has 0 spiro atoms. The summed E-state index contributed by atoms with van der Waals surface area (Å²) in [6.45, 7) is 3.00. The standard InChI is InChI=1S/C15H20BrNO2/c1-10-4-2-3-5-12(10)9-17-15(19)11-6-7-13(16)14(18)8-11/h6-8,10,12,18H,2-5,9H2,1H3,(H,17,19). The number of amides is 1. The maximum absolute atomic E-state index is 12.0. The van der Waals surface area contributed by atoms with Crippen molar-refractivity contribution < 1.29 is 9.90 Å². The number of carbonyl (C=O) groups is 1. The predicted molar refractivity (Wildman–Crippen MR) is 79.3 cm³/mol. The lowest BCUT2D eigenvalue weighted by atomic mass is 9.80. The number of benzene rings is 1. The Morgan fingerprint density at radius 2 is 2.16 bits per heavy atom. The molecule has 4 heteroatoms. The Morgan fingerprint density at radius 1 is 1.42 bits per heavy atom. The highest BCUT2D eigenvalue weighted by molar-refractivity contribution is 9.10. The van der Waals surface area contributed by atoms with Crippen LogP contribution in [-0.4, -0.2) is 17.6 Å². The second kappa shape index (κ2) is 6.42. The van der Waals surface area contributed by atoms with Gasteiger partial charge in [-0.3, -0.25) is 4.79 Å². The molecule has 0 aromatic heterocycles. The Kier molecular flexibility index (Phi) is 4.86. The second-order valence-electron chi connectivity index (χ2n) is 5.40. The van der Waals surface area contributed by atoms with Crippen molar-refractivity contribution in [3.63, 3.8) is 0 Å². The van der Waals surface area contributed by atoms with Crippen molar-refractivity contribution in [3.05, 3.63) is 28.2 Å². The van der Waals surface area contributed by atoms with Crippen molar-refractivity contribution in [2.45, 2.75) is 32.6 Å². The Morgan fingerprint density at radius 3 is 2.84 bits per heavy atom. The number of aromatic hydroxyl groups is 1. The third-order valence-corrected chi connectivity index (χ3v) is 4.69. The van der Waals surface area contributed by atoms with E-state index in [1.807, 2.05) is 0 Å². The molecule has 0 heterocycles. The highest BCUT2D eigenvalue weighted by Gasteiger charge is 2.21. The molecule has 1 fully saturated rings. The van der Waals surface area contributed by atoms with E-state index in [0.717, 1.165) is 6.54 Å². The van der Waals surface area contributed by atoms with Gasteiger partial charge < -0.3 is 10.4 Å². The van der Waals surface area contributed by atoms with E-state index in [1.54, 1.807) is 12.1 Å². The summed E-state index contributed by atoms with van der Waals surface area (Å²) in [5, 5.41) is 12.6. The minimum absolute atomic E-state index is 0.0960. The summed E-state index contributed by atoms with van der Waals surface area (Å²) in [5.74, 6) is 1.26. The van der Waals surface area contributed by atoms with Gasteiger partial charge in [0, 0.05) is 12.1 Å². The molecular formula is C15H20BrNO2. The Hall–Kier alpha value is -1.03. The van der Waals surface area contributed by atoms with Crippen LogP contribution in [0.4, 0.5) is 0 Å². The normalized spacial score (nSPS) is 23.1. The predicted octanol–water partition coefficient (Wildman–Crippen LogP) is 3.71. The van der Waals surface area contributed by atoms with E-state index in [9.17, 15) is 9.90 Å². The summed E-state index contributed by atoms with van der Waals surface area (Å²) >= 11 is 3.21. The average Bonchev–Trinajstić information content (AvgIpc) is 2.40. The maximum atomic E-state index is 12.0. The van der Waals surface area contributed by atoms with Gasteiger partial charge in [0.2, 0.25) is 0 Å². The van der Waals surface area contributed by atoms with Gasteiger partial charge in [-0.05, 0) is 52.4 Å². The first-order valence-corrected chi connectivity index (χ1v) is 7.64. The topological polar surface area (TPSA) is 49.3 Å². The van der Waals surface area contributed by atoms with Crippen LogP contribution >= 0.6 is 15.9 Å². The van der Waals surface area contributed by atoms with Crippen LogP contribution in [0.2, 0.25) is 0 Å². The fourth-order valence-corrected chi connectivity index (χ4v) is 2.92. The van der Waals surface area contributed by atoms with E-state index in [-0.39, 0.29) is 11.7 Å². The van der Waals surface area contributed by atoms with Crippen LogP contribution in [0.5, 0.6) is 5.75 Å². The molecule has 1 aromatic carbocycles. The van der Waals surface area contributed by atoms with E-state index in [2.05, 4.69) is 28.2 Å². The number of rotatable bonds is 3. The lowest BCUT2D eigenvalue weighted by Crippen LogP contribution is -2.33. The van der Waals surface area contributed by atoms with E-state index in [4.69, 9.17) is 0 Å². The van der Waals surface area contributed by atoms with Crippen molar-refractivity contribution in [1.82, 2.24) is 5.32 Å². The summed E-state index contributed by atoms with van der Waals surface area (Å²) in [6, 6.07) is 4.89. The number of hydrogen-bond acceptors (Lipinski definition) is 2. The van der Waals surface area contributed by atoms with Crippen molar-refractivity contribution in [2.24, 2.45) is 11.8 Å². The minimum atomic E-state index is -0.111. The second-order valence-corrected chi connectivity index (χ2v) is 6.25. The first-order chi connectivity index (χ1) is 9.08. The van der Waals surface area contributed by atoms with Crippen LogP contribution in [0.3, 0.4) is 0 Å². The molecule has 3 nitrogen and oxygen atoms in total. The number of hydrogen-bond donors (Lipinski definition) is 2. The molecule has 2 unspecified atom stereocenters. The average molecular weight is 326 g/mol. The first kappa shape index (κ1) is 14.4. The third kappa shape index (κ3) is 3.72. The monoisotopic (exact) mass is 325 g/mol. The quantitative estimate of drug-likeness (QED) is 0.889. The van der Waals surface area contributed by atoms with Gasteiger partial charge in [-0.25, -0.2) is 0 Å². The number of halogens is 1. The molecule has 2 atom stereocenters. The molecule has 1 amide bonds. The largest absolute Gasteiger partial charge is 0.507 e. The maximum Gasteiger partial charge on any atom is 0.251 e. The fraction of sp³-hybridized carbons (Fsp3) is 0.533. The first-order valence-electron chi connectivity index (χ1n) is 6.84. The van der Waals surface area contributed by atoms with Gasteiger partial charge in [-0.15, -0.1) is 0 Å². The van der Waals surface area contributed by atoms with Gasteiger partial charge in [0.05, 0.1) is 4.47 Å². The van der Waals surface area contributed by atoms with E-state index >= 15 is 0 Å². The molecule has 19 heavy (non-hydrogen) atoms. The van der Waals surface area contributed by atoms with E-state index in [0.29, 0.717) is 21.9 Å². The summed E-state index contributed by atoms with van der Waals surface area (Å²) in [5.41, 5.74) is 0.504. The number of phenolic OH excluding ortho intramolecular Hbond substituents is 1. The lowest BCUT2D eigenvalue weighted by Gasteiger charge is -2.28. The van der Waals surface area contributed by atoms with Gasteiger partial charge in [-0.1, -0.05) is 26.2 Å². The van der Waals surface area contributed by atoms with Crippen LogP contribution < -0.4 is 5.32 Å². The minimum Gasteiger partial charge on any atom is -0.507 e. The third-order valence-electron chi connectivity index (χ3n) is 4.02. The van der Waals surface area contributed by atoms with Crippen molar-refractivity contribution >= 4 is 21.8 Å². The molecule has 1 aliphatic carbocycles. The van der Waals surface area contributed by atoms with Gasteiger partial charge in [0.15, 0.2) is 0 Å². The van der Waals surface area contributed by atoms with Crippen LogP contribution in [0, 0.1) is 11.8 Å². The molecule has 2 rings (SSSR count). The zero-order valence-electron chi connectivity index (χ0n) is 11.2. The Labute approximate surface area is 122 Å². The highest BCUT2D eigenvalue weighted by atomic mass is 79.9. The molecule has 0 saturated heterocycles.